The molecule has 2 aromatic rings. The zero-order chi connectivity index (χ0) is 18.5. The predicted octanol–water partition coefficient (Wildman–Crippen LogP) is 2.81. The average Bonchev–Trinajstić information content (AvgIpc) is 3.19. The summed E-state index contributed by atoms with van der Waals surface area (Å²) in [5, 5.41) is 13.8. The van der Waals surface area contributed by atoms with E-state index in [1.54, 1.807) is 11.6 Å². The van der Waals surface area contributed by atoms with Crippen molar-refractivity contribution in [3.63, 3.8) is 0 Å². The molecule has 1 aromatic carbocycles. The number of aromatic nitrogens is 1. The normalized spacial score (nSPS) is 22.7. The highest BCUT2D eigenvalue weighted by molar-refractivity contribution is 7.09. The van der Waals surface area contributed by atoms with E-state index in [0.717, 1.165) is 27.2 Å². The molecule has 1 atom stereocenters. The minimum Gasteiger partial charge on any atom is -0.378 e. The number of halogens is 3. The summed E-state index contributed by atoms with van der Waals surface area (Å²) in [5.74, 6) is -1.79. The molecule has 1 aromatic heterocycles. The Hall–Kier alpha value is -1.93. The van der Waals surface area contributed by atoms with Crippen LogP contribution >= 0.6 is 11.3 Å². The lowest BCUT2D eigenvalue weighted by Gasteiger charge is -2.25. The van der Waals surface area contributed by atoms with Crippen LogP contribution in [-0.4, -0.2) is 40.2 Å². The van der Waals surface area contributed by atoms with Crippen molar-refractivity contribution in [2.75, 3.05) is 13.1 Å². The minimum absolute atomic E-state index is 0.00422. The van der Waals surface area contributed by atoms with Gasteiger partial charge in [-0.1, -0.05) is 12.1 Å². The summed E-state index contributed by atoms with van der Waals surface area (Å²) in [6.45, 7) is 0.0234. The zero-order valence-corrected chi connectivity index (χ0v) is 14.7. The molecular weight excluding hydrogens is 365 g/mol. The number of amides is 1. The number of carbonyl (C=O) groups excluding carboxylic acids is 1. The van der Waals surface area contributed by atoms with Crippen molar-refractivity contribution < 1.29 is 23.1 Å². The third-order valence-electron chi connectivity index (χ3n) is 5.26. The second-order valence-electron chi connectivity index (χ2n) is 6.72. The van der Waals surface area contributed by atoms with Gasteiger partial charge < -0.3 is 10.0 Å². The summed E-state index contributed by atoms with van der Waals surface area (Å²) < 4.78 is 38.4. The molecule has 1 amide bonds. The Labute approximate surface area is 152 Å². The molecular formula is C18H17F3N2O2S. The van der Waals surface area contributed by atoms with Gasteiger partial charge in [0.1, 0.15) is 10.6 Å². The second kappa shape index (κ2) is 6.06. The fourth-order valence-corrected chi connectivity index (χ4v) is 4.83. The van der Waals surface area contributed by atoms with Gasteiger partial charge in [0.15, 0.2) is 0 Å². The van der Waals surface area contributed by atoms with Crippen LogP contribution in [0.25, 0.3) is 0 Å². The van der Waals surface area contributed by atoms with Crippen molar-refractivity contribution in [3.05, 3.63) is 51.0 Å². The van der Waals surface area contributed by atoms with Gasteiger partial charge in [0, 0.05) is 24.7 Å². The molecule has 0 bridgehead atoms. The Kier molecular flexibility index (Phi) is 4.07. The first kappa shape index (κ1) is 17.5. The van der Waals surface area contributed by atoms with Gasteiger partial charge in [-0.25, -0.2) is 4.98 Å². The van der Waals surface area contributed by atoms with Crippen molar-refractivity contribution in [1.82, 2.24) is 9.88 Å². The number of alkyl halides is 3. The first-order chi connectivity index (χ1) is 12.3. The van der Waals surface area contributed by atoms with E-state index in [4.69, 9.17) is 0 Å². The van der Waals surface area contributed by atoms with Crippen LogP contribution in [0.2, 0.25) is 0 Å². The molecule has 0 saturated carbocycles. The fraction of sp³-hybridized carbons (Fsp3) is 0.444. The summed E-state index contributed by atoms with van der Waals surface area (Å²) >= 11 is 1.37. The van der Waals surface area contributed by atoms with Crippen LogP contribution in [0, 0.1) is 0 Å². The molecule has 4 rings (SSSR count). The number of fused-ring (bicyclic) bond motifs is 3. The van der Waals surface area contributed by atoms with Crippen molar-refractivity contribution >= 4 is 17.2 Å². The quantitative estimate of drug-likeness (QED) is 0.825. The van der Waals surface area contributed by atoms with Gasteiger partial charge in [-0.05, 0) is 47.9 Å². The molecule has 26 heavy (non-hydrogen) atoms. The van der Waals surface area contributed by atoms with Gasteiger partial charge >= 0.3 is 12.1 Å². The number of hydrogen-bond acceptors (Lipinski definition) is 4. The molecule has 2 heterocycles. The van der Waals surface area contributed by atoms with E-state index in [-0.39, 0.29) is 13.1 Å². The van der Waals surface area contributed by atoms with Crippen molar-refractivity contribution in [3.8, 4) is 0 Å². The van der Waals surface area contributed by atoms with Crippen LogP contribution in [0.1, 0.15) is 33.7 Å². The molecule has 8 heteroatoms. The molecule has 0 radical (unpaired) electrons. The number of carbonyl (C=O) groups is 1. The highest BCUT2D eigenvalue weighted by atomic mass is 32.1. The standard InChI is InChI=1S/C18H17F3N2O2S/c19-18(20,21)16(24)23-8-4-11-1-2-12-3-6-17(25,15-22-7-10-26-15)14(12)13(11)5-9-23/h1-2,7,10,25H,3-6,8-9H2. The van der Waals surface area contributed by atoms with Crippen LogP contribution in [0.3, 0.4) is 0 Å². The summed E-state index contributed by atoms with van der Waals surface area (Å²) in [7, 11) is 0. The van der Waals surface area contributed by atoms with Gasteiger partial charge in [-0.15, -0.1) is 11.3 Å². The summed E-state index contributed by atoms with van der Waals surface area (Å²) in [6.07, 6.45) is -1.37. The lowest BCUT2D eigenvalue weighted by molar-refractivity contribution is -0.185. The molecule has 138 valence electrons. The highest BCUT2D eigenvalue weighted by Gasteiger charge is 2.45. The number of benzene rings is 1. The molecule has 0 saturated heterocycles. The Bertz CT molecular complexity index is 851. The molecule has 0 fully saturated rings. The molecule has 1 N–H and O–H groups in total. The lowest BCUT2D eigenvalue weighted by Crippen LogP contribution is -2.42. The average molecular weight is 382 g/mol. The van der Waals surface area contributed by atoms with Crippen LogP contribution in [0.5, 0.6) is 0 Å². The number of aliphatic hydroxyl groups is 1. The van der Waals surface area contributed by atoms with Gasteiger partial charge in [-0.3, -0.25) is 4.79 Å². The van der Waals surface area contributed by atoms with Gasteiger partial charge in [-0.2, -0.15) is 13.2 Å². The van der Waals surface area contributed by atoms with E-state index >= 15 is 0 Å². The van der Waals surface area contributed by atoms with Crippen molar-refractivity contribution in [2.24, 2.45) is 0 Å². The summed E-state index contributed by atoms with van der Waals surface area (Å²) in [6, 6.07) is 3.87. The minimum atomic E-state index is -4.86. The number of rotatable bonds is 1. The second-order valence-corrected chi connectivity index (χ2v) is 7.62. The lowest BCUT2D eigenvalue weighted by atomic mass is 9.87. The van der Waals surface area contributed by atoms with Crippen LogP contribution in [0.4, 0.5) is 13.2 Å². The zero-order valence-electron chi connectivity index (χ0n) is 13.8. The Balaban J connectivity index is 1.72. The third-order valence-corrected chi connectivity index (χ3v) is 6.19. The number of hydrogen-bond donors (Lipinski definition) is 1. The maximum atomic E-state index is 12.8. The number of aryl methyl sites for hydroxylation is 1. The summed E-state index contributed by atoms with van der Waals surface area (Å²) in [5.41, 5.74) is 2.37. The molecule has 4 nitrogen and oxygen atoms in total. The van der Waals surface area contributed by atoms with Gasteiger partial charge in [0.05, 0.1) is 0 Å². The summed E-state index contributed by atoms with van der Waals surface area (Å²) in [4.78, 5) is 16.8. The fourth-order valence-electron chi connectivity index (χ4n) is 4.06. The molecule has 2 aliphatic rings. The Morgan fingerprint density at radius 3 is 2.62 bits per heavy atom. The van der Waals surface area contributed by atoms with Crippen LogP contribution in [-0.2, 0) is 29.7 Å². The van der Waals surface area contributed by atoms with Gasteiger partial charge in [0.25, 0.3) is 0 Å². The Morgan fingerprint density at radius 1 is 1.19 bits per heavy atom. The van der Waals surface area contributed by atoms with E-state index in [2.05, 4.69) is 4.98 Å². The molecule has 1 aliphatic heterocycles. The van der Waals surface area contributed by atoms with Crippen molar-refractivity contribution in [2.45, 2.75) is 37.5 Å². The van der Waals surface area contributed by atoms with E-state index in [0.29, 0.717) is 30.7 Å². The molecule has 0 spiro atoms. The molecule has 1 unspecified atom stereocenters. The van der Waals surface area contributed by atoms with E-state index in [9.17, 15) is 23.1 Å². The first-order valence-corrected chi connectivity index (χ1v) is 9.31. The largest absolute Gasteiger partial charge is 0.471 e. The maximum Gasteiger partial charge on any atom is 0.471 e. The van der Waals surface area contributed by atoms with Crippen molar-refractivity contribution in [1.29, 1.82) is 0 Å². The van der Waals surface area contributed by atoms with E-state index < -0.39 is 17.7 Å². The number of nitrogens with zero attached hydrogens (tertiary/aromatic N) is 2. The number of thiazole rings is 1. The van der Waals surface area contributed by atoms with E-state index in [1.807, 2.05) is 12.1 Å². The molecule has 1 aliphatic carbocycles. The smallest absolute Gasteiger partial charge is 0.378 e. The third kappa shape index (κ3) is 2.72. The highest BCUT2D eigenvalue weighted by Crippen LogP contribution is 2.46. The van der Waals surface area contributed by atoms with Crippen LogP contribution in [0.15, 0.2) is 23.7 Å². The monoisotopic (exact) mass is 382 g/mol. The first-order valence-electron chi connectivity index (χ1n) is 8.43. The maximum absolute atomic E-state index is 12.8. The SMILES string of the molecule is O=C(N1CCc2ccc3c(c2CC1)C(O)(c1nccs1)CC3)C(F)(F)F. The predicted molar refractivity (Wildman–Crippen MR) is 89.9 cm³/mol. The Morgan fingerprint density at radius 2 is 1.92 bits per heavy atom. The van der Waals surface area contributed by atoms with Gasteiger partial charge in [0.2, 0.25) is 0 Å². The van der Waals surface area contributed by atoms with Crippen LogP contribution < -0.4 is 0 Å². The topological polar surface area (TPSA) is 53.4 Å². The van der Waals surface area contributed by atoms with E-state index in [1.165, 1.54) is 11.3 Å².